The predicted octanol–water partition coefficient (Wildman–Crippen LogP) is 5.38. The summed E-state index contributed by atoms with van der Waals surface area (Å²) in [7, 11) is 0. The number of amides is 2. The van der Waals surface area contributed by atoms with Crippen molar-refractivity contribution in [1.29, 1.82) is 0 Å². The molecule has 196 valence electrons. The zero-order valence-corrected chi connectivity index (χ0v) is 22.2. The highest BCUT2D eigenvalue weighted by molar-refractivity contribution is 6.30. The van der Waals surface area contributed by atoms with E-state index in [0.29, 0.717) is 47.5 Å². The molecule has 2 amide bonds. The normalized spacial score (nSPS) is 15.0. The summed E-state index contributed by atoms with van der Waals surface area (Å²) in [6.45, 7) is 5.08. The van der Waals surface area contributed by atoms with Crippen LogP contribution in [0.3, 0.4) is 0 Å². The van der Waals surface area contributed by atoms with E-state index in [2.05, 4.69) is 10.3 Å². The third-order valence-corrected chi connectivity index (χ3v) is 7.58. The van der Waals surface area contributed by atoms with Gasteiger partial charge in [0.25, 0.3) is 5.91 Å². The fourth-order valence-corrected chi connectivity index (χ4v) is 5.34. The Balaban J connectivity index is 1.21. The van der Waals surface area contributed by atoms with Crippen molar-refractivity contribution in [2.45, 2.75) is 45.1 Å². The van der Waals surface area contributed by atoms with E-state index in [1.807, 2.05) is 42.2 Å². The number of aldehydes is 1. The van der Waals surface area contributed by atoms with E-state index < -0.39 is 6.04 Å². The first-order valence-corrected chi connectivity index (χ1v) is 13.3. The highest BCUT2D eigenvalue weighted by Gasteiger charge is 2.28. The molecule has 3 aromatic heterocycles. The maximum atomic E-state index is 13.5. The first-order valence-electron chi connectivity index (χ1n) is 12.9. The average molecular weight is 532 g/mol. The lowest BCUT2D eigenvalue weighted by atomic mass is 9.89. The van der Waals surface area contributed by atoms with Gasteiger partial charge in [0.1, 0.15) is 17.4 Å². The monoisotopic (exact) mass is 531 g/mol. The number of imidazole rings is 1. The van der Waals surface area contributed by atoms with Crippen LogP contribution in [-0.2, 0) is 11.2 Å². The second-order valence-electron chi connectivity index (χ2n) is 9.65. The molecule has 1 aliphatic heterocycles. The van der Waals surface area contributed by atoms with Gasteiger partial charge in [0.15, 0.2) is 6.29 Å². The van der Waals surface area contributed by atoms with E-state index in [1.54, 1.807) is 46.5 Å². The maximum Gasteiger partial charge on any atom is 0.272 e. The van der Waals surface area contributed by atoms with Crippen LogP contribution in [0.1, 0.15) is 70.9 Å². The van der Waals surface area contributed by atoms with Crippen LogP contribution in [0.4, 0.5) is 5.69 Å². The van der Waals surface area contributed by atoms with Crippen molar-refractivity contribution in [2.24, 2.45) is 0 Å². The minimum atomic E-state index is -0.510. The summed E-state index contributed by atoms with van der Waals surface area (Å²) in [5, 5.41) is 3.50. The number of carbonyl (C=O) groups is 3. The summed E-state index contributed by atoms with van der Waals surface area (Å²) in [5.74, 6) is 0.131. The smallest absolute Gasteiger partial charge is 0.272 e. The number of benzene rings is 1. The molecule has 1 aliphatic rings. The summed E-state index contributed by atoms with van der Waals surface area (Å²) >= 11 is 6.20. The summed E-state index contributed by atoms with van der Waals surface area (Å²) in [5.41, 5.74) is 4.46. The molecule has 1 aromatic carbocycles. The van der Waals surface area contributed by atoms with Gasteiger partial charge >= 0.3 is 0 Å². The third kappa shape index (κ3) is 4.96. The Morgan fingerprint density at radius 3 is 2.55 bits per heavy atom. The number of fused-ring (bicyclic) bond motifs is 1. The maximum absolute atomic E-state index is 13.5. The molecule has 5 rings (SSSR count). The number of nitrogens with zero attached hydrogens (tertiary/aromatic N) is 4. The number of aryl methyl sites for hydroxylation is 1. The van der Waals surface area contributed by atoms with Gasteiger partial charge in [0.05, 0.1) is 16.4 Å². The molecule has 1 unspecified atom stereocenters. The Kier molecular flexibility index (Phi) is 7.33. The first kappa shape index (κ1) is 25.7. The Bertz CT molecular complexity index is 1480. The van der Waals surface area contributed by atoms with Crippen LogP contribution in [0.15, 0.2) is 60.9 Å². The molecule has 38 heavy (non-hydrogen) atoms. The van der Waals surface area contributed by atoms with Crippen molar-refractivity contribution in [1.82, 2.24) is 18.9 Å². The van der Waals surface area contributed by atoms with Gasteiger partial charge in [-0.05, 0) is 74.1 Å². The number of halogens is 1. The molecule has 1 atom stereocenters. The quantitative estimate of drug-likeness (QED) is 0.324. The van der Waals surface area contributed by atoms with E-state index in [9.17, 15) is 14.4 Å². The molecule has 0 bridgehead atoms. The van der Waals surface area contributed by atoms with Crippen molar-refractivity contribution in [3.05, 3.63) is 88.6 Å². The number of hydrogen-bond donors (Lipinski definition) is 1. The van der Waals surface area contributed by atoms with Crippen LogP contribution < -0.4 is 5.32 Å². The second-order valence-corrected chi connectivity index (χ2v) is 10.1. The summed E-state index contributed by atoms with van der Waals surface area (Å²) in [4.78, 5) is 43.9. The Morgan fingerprint density at radius 2 is 1.87 bits per heavy atom. The van der Waals surface area contributed by atoms with Crippen molar-refractivity contribution in [2.75, 3.05) is 18.4 Å². The number of piperidine rings is 1. The SMILES string of the molecule is CCc1nc2ccc(Cl)cn2c1C(=O)N1CCC(c2ccc(NC(=O)C(C)n3cccc3C=O)cc2)CC1. The van der Waals surface area contributed by atoms with Crippen LogP contribution in [0.2, 0.25) is 5.02 Å². The Labute approximate surface area is 226 Å². The van der Waals surface area contributed by atoms with Crippen LogP contribution in [0.25, 0.3) is 5.65 Å². The predicted molar refractivity (Wildman–Crippen MR) is 147 cm³/mol. The standard InChI is InChI=1S/C29H30ClN5O3/c1-3-25-27(35-17-22(30)8-11-26(35)32-25)29(38)33-15-12-21(13-16-33)20-6-9-23(10-7-20)31-28(37)19(2)34-14-4-5-24(34)18-36/h4-11,14,17-19,21H,3,12-13,15-16H2,1-2H3,(H,31,37). The van der Waals surface area contributed by atoms with Gasteiger partial charge < -0.3 is 14.8 Å². The number of carbonyl (C=O) groups excluding carboxylic acids is 3. The van der Waals surface area contributed by atoms with Crippen LogP contribution in [-0.4, -0.2) is 50.0 Å². The fraction of sp³-hybridized carbons (Fsp3) is 0.310. The highest BCUT2D eigenvalue weighted by atomic mass is 35.5. The largest absolute Gasteiger partial charge is 0.337 e. The van der Waals surface area contributed by atoms with Gasteiger partial charge in [-0.2, -0.15) is 0 Å². The minimum absolute atomic E-state index is 0.0114. The molecule has 1 N–H and O–H groups in total. The Morgan fingerprint density at radius 1 is 1.13 bits per heavy atom. The molecule has 8 nitrogen and oxygen atoms in total. The lowest BCUT2D eigenvalue weighted by Gasteiger charge is -2.32. The number of aromatic nitrogens is 3. The summed E-state index contributed by atoms with van der Waals surface area (Å²) < 4.78 is 3.45. The molecule has 9 heteroatoms. The molecular weight excluding hydrogens is 502 g/mol. The first-order chi connectivity index (χ1) is 18.4. The van der Waals surface area contributed by atoms with E-state index in [0.717, 1.165) is 30.5 Å². The lowest BCUT2D eigenvalue weighted by Crippen LogP contribution is -2.38. The molecular formula is C29H30ClN5O3. The summed E-state index contributed by atoms with van der Waals surface area (Å²) in [6, 6.07) is 14.4. The highest BCUT2D eigenvalue weighted by Crippen LogP contribution is 2.30. The molecule has 1 fully saturated rings. The van der Waals surface area contributed by atoms with Crippen molar-refractivity contribution >= 4 is 41.0 Å². The van der Waals surface area contributed by atoms with E-state index in [1.165, 1.54) is 5.56 Å². The molecule has 4 aromatic rings. The second kappa shape index (κ2) is 10.8. The number of pyridine rings is 1. The van der Waals surface area contributed by atoms with Gasteiger partial charge in [0.2, 0.25) is 5.91 Å². The zero-order chi connectivity index (χ0) is 26.8. The van der Waals surface area contributed by atoms with Crippen LogP contribution >= 0.6 is 11.6 Å². The van der Waals surface area contributed by atoms with E-state index in [-0.39, 0.29) is 11.8 Å². The van der Waals surface area contributed by atoms with Gasteiger partial charge in [-0.1, -0.05) is 30.7 Å². The topological polar surface area (TPSA) is 88.7 Å². The zero-order valence-electron chi connectivity index (χ0n) is 21.4. The fourth-order valence-electron chi connectivity index (χ4n) is 5.18. The van der Waals surface area contributed by atoms with E-state index >= 15 is 0 Å². The molecule has 1 saturated heterocycles. The van der Waals surface area contributed by atoms with Crippen LogP contribution in [0, 0.1) is 0 Å². The number of anilines is 1. The third-order valence-electron chi connectivity index (χ3n) is 7.35. The molecule has 0 aliphatic carbocycles. The van der Waals surface area contributed by atoms with Gasteiger partial charge in [0, 0.05) is 31.2 Å². The Hall–Kier alpha value is -3.91. The number of likely N-dealkylation sites (tertiary alicyclic amines) is 1. The molecule has 0 radical (unpaired) electrons. The number of hydrogen-bond acceptors (Lipinski definition) is 4. The average Bonchev–Trinajstić information content (AvgIpc) is 3.57. The molecule has 0 saturated carbocycles. The number of rotatable bonds is 7. The van der Waals surface area contributed by atoms with Gasteiger partial charge in [-0.3, -0.25) is 18.8 Å². The summed E-state index contributed by atoms with van der Waals surface area (Å²) in [6.07, 6.45) is 6.60. The van der Waals surface area contributed by atoms with Crippen molar-refractivity contribution in [3.63, 3.8) is 0 Å². The van der Waals surface area contributed by atoms with Crippen molar-refractivity contribution < 1.29 is 14.4 Å². The minimum Gasteiger partial charge on any atom is -0.337 e. The molecule has 0 spiro atoms. The van der Waals surface area contributed by atoms with Crippen LogP contribution in [0.5, 0.6) is 0 Å². The van der Waals surface area contributed by atoms with Gasteiger partial charge in [-0.15, -0.1) is 0 Å². The number of nitrogens with one attached hydrogen (secondary N) is 1. The lowest BCUT2D eigenvalue weighted by molar-refractivity contribution is -0.118. The van der Waals surface area contributed by atoms with E-state index in [4.69, 9.17) is 11.6 Å². The molecule has 4 heterocycles. The van der Waals surface area contributed by atoms with Gasteiger partial charge in [-0.25, -0.2) is 4.98 Å². The van der Waals surface area contributed by atoms with Crippen molar-refractivity contribution in [3.8, 4) is 0 Å².